The molecule has 1 aliphatic heterocycles. The van der Waals surface area contributed by atoms with Crippen molar-refractivity contribution in [2.75, 3.05) is 19.6 Å². The second-order valence-corrected chi connectivity index (χ2v) is 5.70. The molecular formula is C14H19ClN4. The molecule has 5 heteroatoms. The molecule has 1 fully saturated rings. The summed E-state index contributed by atoms with van der Waals surface area (Å²) in [5.74, 6) is 1.66. The average Bonchev–Trinajstić information content (AvgIpc) is 2.81. The van der Waals surface area contributed by atoms with E-state index < -0.39 is 0 Å². The SMILES string of the molecule is CCN1CCC(Cc2nc3ccc(Cl)cn3n2)CC1. The summed E-state index contributed by atoms with van der Waals surface area (Å²) < 4.78 is 1.78. The van der Waals surface area contributed by atoms with Gasteiger partial charge in [-0.1, -0.05) is 18.5 Å². The monoisotopic (exact) mass is 278 g/mol. The van der Waals surface area contributed by atoms with E-state index in [0.717, 1.165) is 30.4 Å². The van der Waals surface area contributed by atoms with E-state index in [4.69, 9.17) is 11.6 Å². The van der Waals surface area contributed by atoms with Gasteiger partial charge >= 0.3 is 0 Å². The lowest BCUT2D eigenvalue weighted by Gasteiger charge is -2.30. The Morgan fingerprint density at radius 1 is 1.32 bits per heavy atom. The maximum Gasteiger partial charge on any atom is 0.155 e. The summed E-state index contributed by atoms with van der Waals surface area (Å²) in [7, 11) is 0. The highest BCUT2D eigenvalue weighted by Crippen LogP contribution is 2.20. The summed E-state index contributed by atoms with van der Waals surface area (Å²) in [6.45, 7) is 5.81. The van der Waals surface area contributed by atoms with Crippen LogP contribution in [0.25, 0.3) is 5.65 Å². The number of hydrogen-bond donors (Lipinski definition) is 0. The van der Waals surface area contributed by atoms with E-state index in [1.165, 1.54) is 25.9 Å². The molecule has 0 amide bonds. The van der Waals surface area contributed by atoms with Crippen LogP contribution in [0.2, 0.25) is 5.02 Å². The second-order valence-electron chi connectivity index (χ2n) is 5.26. The molecule has 0 N–H and O–H groups in total. The van der Waals surface area contributed by atoms with Crippen LogP contribution in [0.1, 0.15) is 25.6 Å². The van der Waals surface area contributed by atoms with Crippen LogP contribution in [0.3, 0.4) is 0 Å². The molecule has 19 heavy (non-hydrogen) atoms. The minimum Gasteiger partial charge on any atom is -0.304 e. The molecule has 3 rings (SSSR count). The number of rotatable bonds is 3. The average molecular weight is 279 g/mol. The van der Waals surface area contributed by atoms with Gasteiger partial charge in [0.2, 0.25) is 0 Å². The van der Waals surface area contributed by atoms with Crippen molar-refractivity contribution >= 4 is 17.2 Å². The van der Waals surface area contributed by atoms with Gasteiger partial charge in [0.05, 0.1) is 5.02 Å². The second kappa shape index (κ2) is 5.47. The molecule has 0 radical (unpaired) electrons. The van der Waals surface area contributed by atoms with Gasteiger partial charge in [-0.2, -0.15) is 5.10 Å². The maximum atomic E-state index is 5.96. The molecule has 0 aromatic carbocycles. The Hall–Kier alpha value is -1.13. The van der Waals surface area contributed by atoms with E-state index in [0.29, 0.717) is 5.02 Å². The van der Waals surface area contributed by atoms with Gasteiger partial charge in [-0.05, 0) is 50.5 Å². The largest absolute Gasteiger partial charge is 0.304 e. The molecular weight excluding hydrogens is 260 g/mol. The van der Waals surface area contributed by atoms with E-state index in [1.54, 1.807) is 4.52 Å². The number of piperidine rings is 1. The van der Waals surface area contributed by atoms with Gasteiger partial charge in [0.1, 0.15) is 0 Å². The molecule has 1 aliphatic rings. The topological polar surface area (TPSA) is 33.4 Å². The fourth-order valence-electron chi connectivity index (χ4n) is 2.76. The summed E-state index contributed by atoms with van der Waals surface area (Å²) in [6, 6.07) is 3.77. The number of pyridine rings is 1. The lowest BCUT2D eigenvalue weighted by molar-refractivity contribution is 0.191. The minimum absolute atomic E-state index is 0.695. The Bertz CT molecular complexity index is 558. The van der Waals surface area contributed by atoms with Gasteiger partial charge in [-0.25, -0.2) is 9.50 Å². The van der Waals surface area contributed by atoms with Crippen molar-refractivity contribution in [3.63, 3.8) is 0 Å². The Balaban J connectivity index is 1.68. The molecule has 1 saturated heterocycles. The fourth-order valence-corrected chi connectivity index (χ4v) is 2.91. The summed E-state index contributed by atoms with van der Waals surface area (Å²) in [5, 5.41) is 5.21. The van der Waals surface area contributed by atoms with Gasteiger partial charge in [0, 0.05) is 12.6 Å². The predicted octanol–water partition coefficient (Wildman–Crippen LogP) is 2.66. The molecule has 2 aromatic heterocycles. The van der Waals surface area contributed by atoms with Crippen LogP contribution < -0.4 is 0 Å². The molecule has 0 spiro atoms. The van der Waals surface area contributed by atoms with E-state index in [9.17, 15) is 0 Å². The molecule has 0 unspecified atom stereocenters. The quantitative estimate of drug-likeness (QED) is 0.865. The van der Waals surface area contributed by atoms with Crippen LogP contribution >= 0.6 is 11.6 Å². The highest BCUT2D eigenvalue weighted by Gasteiger charge is 2.20. The van der Waals surface area contributed by atoms with Crippen LogP contribution in [-0.2, 0) is 6.42 Å². The maximum absolute atomic E-state index is 5.96. The van der Waals surface area contributed by atoms with Crippen LogP contribution in [-0.4, -0.2) is 39.1 Å². The molecule has 0 atom stereocenters. The van der Waals surface area contributed by atoms with E-state index in [2.05, 4.69) is 21.9 Å². The van der Waals surface area contributed by atoms with Crippen molar-refractivity contribution in [2.24, 2.45) is 5.92 Å². The number of fused-ring (bicyclic) bond motifs is 1. The fraction of sp³-hybridized carbons (Fsp3) is 0.571. The summed E-state index contributed by atoms with van der Waals surface area (Å²) in [4.78, 5) is 7.07. The van der Waals surface area contributed by atoms with E-state index in [1.807, 2.05) is 18.3 Å². The first-order valence-corrected chi connectivity index (χ1v) is 7.35. The Labute approximate surface area is 118 Å². The highest BCUT2D eigenvalue weighted by molar-refractivity contribution is 6.30. The van der Waals surface area contributed by atoms with Gasteiger partial charge in [0.15, 0.2) is 11.5 Å². The summed E-state index contributed by atoms with van der Waals surface area (Å²) >= 11 is 5.96. The predicted molar refractivity (Wildman–Crippen MR) is 76.5 cm³/mol. The minimum atomic E-state index is 0.695. The van der Waals surface area contributed by atoms with E-state index in [-0.39, 0.29) is 0 Å². The highest BCUT2D eigenvalue weighted by atomic mass is 35.5. The van der Waals surface area contributed by atoms with Crippen molar-refractivity contribution < 1.29 is 0 Å². The van der Waals surface area contributed by atoms with Gasteiger partial charge in [-0.3, -0.25) is 0 Å². The lowest BCUT2D eigenvalue weighted by Crippen LogP contribution is -2.34. The Morgan fingerprint density at radius 2 is 2.11 bits per heavy atom. The van der Waals surface area contributed by atoms with Crippen LogP contribution in [0, 0.1) is 5.92 Å². The normalized spacial score (nSPS) is 18.2. The third-order valence-electron chi connectivity index (χ3n) is 3.96. The molecule has 102 valence electrons. The standard InChI is InChI=1S/C14H19ClN4/c1-2-18-7-5-11(6-8-18)9-13-16-14-4-3-12(15)10-19(14)17-13/h3-4,10-11H,2,5-9H2,1H3. The zero-order chi connectivity index (χ0) is 13.2. The van der Waals surface area contributed by atoms with Crippen molar-refractivity contribution in [3.8, 4) is 0 Å². The number of likely N-dealkylation sites (tertiary alicyclic amines) is 1. The third-order valence-corrected chi connectivity index (χ3v) is 4.19. The van der Waals surface area contributed by atoms with Gasteiger partial charge < -0.3 is 4.90 Å². The van der Waals surface area contributed by atoms with Crippen LogP contribution in [0.4, 0.5) is 0 Å². The first kappa shape index (κ1) is 12.9. The van der Waals surface area contributed by atoms with Crippen LogP contribution in [0.5, 0.6) is 0 Å². The first-order valence-electron chi connectivity index (χ1n) is 6.98. The Morgan fingerprint density at radius 3 is 2.84 bits per heavy atom. The van der Waals surface area contributed by atoms with E-state index >= 15 is 0 Å². The third kappa shape index (κ3) is 2.90. The van der Waals surface area contributed by atoms with Crippen molar-refractivity contribution in [2.45, 2.75) is 26.2 Å². The lowest BCUT2D eigenvalue weighted by atomic mass is 9.93. The molecule has 2 aromatic rings. The molecule has 4 nitrogen and oxygen atoms in total. The van der Waals surface area contributed by atoms with Crippen molar-refractivity contribution in [3.05, 3.63) is 29.2 Å². The molecule has 0 aliphatic carbocycles. The molecule has 0 bridgehead atoms. The number of hydrogen-bond acceptors (Lipinski definition) is 3. The zero-order valence-electron chi connectivity index (χ0n) is 11.2. The zero-order valence-corrected chi connectivity index (χ0v) is 12.0. The number of aromatic nitrogens is 3. The summed E-state index contributed by atoms with van der Waals surface area (Å²) in [5.41, 5.74) is 0.880. The summed E-state index contributed by atoms with van der Waals surface area (Å²) in [6.07, 6.45) is 5.30. The van der Waals surface area contributed by atoms with Gasteiger partial charge in [-0.15, -0.1) is 0 Å². The van der Waals surface area contributed by atoms with Crippen LogP contribution in [0.15, 0.2) is 18.3 Å². The molecule has 3 heterocycles. The number of nitrogens with zero attached hydrogens (tertiary/aromatic N) is 4. The smallest absolute Gasteiger partial charge is 0.155 e. The van der Waals surface area contributed by atoms with Crippen molar-refractivity contribution in [1.82, 2.24) is 19.5 Å². The number of halogens is 1. The molecule has 0 saturated carbocycles. The van der Waals surface area contributed by atoms with Crippen molar-refractivity contribution in [1.29, 1.82) is 0 Å². The van der Waals surface area contributed by atoms with Gasteiger partial charge in [0.25, 0.3) is 0 Å². The first-order chi connectivity index (χ1) is 9.24. The Kier molecular flexibility index (Phi) is 3.71.